The maximum Gasteiger partial charge on any atom is 0.198 e. The highest BCUT2D eigenvalue weighted by Crippen LogP contribution is 2.35. The third-order valence-electron chi connectivity index (χ3n) is 2.91. The van der Waals surface area contributed by atoms with Crippen molar-refractivity contribution < 1.29 is 18.7 Å². The maximum absolute atomic E-state index is 13.9. The Morgan fingerprint density at radius 1 is 1.19 bits per heavy atom. The van der Waals surface area contributed by atoms with Crippen LogP contribution in [-0.4, -0.2) is 20.0 Å². The Kier molecular flexibility index (Phi) is 4.85. The first-order valence-electron chi connectivity index (χ1n) is 5.89. The van der Waals surface area contributed by atoms with Gasteiger partial charge < -0.3 is 9.47 Å². The smallest absolute Gasteiger partial charge is 0.198 e. The van der Waals surface area contributed by atoms with E-state index in [1.807, 2.05) is 0 Å². The highest BCUT2D eigenvalue weighted by Gasteiger charge is 2.22. The van der Waals surface area contributed by atoms with Crippen LogP contribution >= 0.6 is 27.5 Å². The molecule has 6 heteroatoms. The van der Waals surface area contributed by atoms with Gasteiger partial charge in [0.25, 0.3) is 0 Å². The first-order valence-corrected chi connectivity index (χ1v) is 7.07. The van der Waals surface area contributed by atoms with E-state index in [4.69, 9.17) is 21.1 Å². The summed E-state index contributed by atoms with van der Waals surface area (Å²) in [6.07, 6.45) is 0. The molecule has 0 N–H and O–H groups in total. The van der Waals surface area contributed by atoms with E-state index in [9.17, 15) is 9.18 Å². The lowest BCUT2D eigenvalue weighted by Crippen LogP contribution is -2.07. The molecule has 3 nitrogen and oxygen atoms in total. The fourth-order valence-electron chi connectivity index (χ4n) is 1.88. The van der Waals surface area contributed by atoms with Gasteiger partial charge in [0.1, 0.15) is 5.82 Å². The molecule has 0 atom stereocenters. The number of hydrogen-bond donors (Lipinski definition) is 0. The Hall–Kier alpha value is -1.59. The van der Waals surface area contributed by atoms with Gasteiger partial charge in [-0.05, 0) is 34.1 Å². The number of benzene rings is 2. The van der Waals surface area contributed by atoms with E-state index in [-0.39, 0.29) is 16.1 Å². The Balaban J connectivity index is 2.59. The van der Waals surface area contributed by atoms with E-state index < -0.39 is 11.6 Å². The molecule has 0 heterocycles. The Labute approximate surface area is 134 Å². The van der Waals surface area contributed by atoms with Gasteiger partial charge in [-0.15, -0.1) is 0 Å². The number of methoxy groups -OCH3 is 2. The molecule has 0 spiro atoms. The number of halogens is 3. The molecule has 0 fully saturated rings. The van der Waals surface area contributed by atoms with Crippen molar-refractivity contribution in [2.75, 3.05) is 14.2 Å². The summed E-state index contributed by atoms with van der Waals surface area (Å²) >= 11 is 9.27. The maximum atomic E-state index is 13.9. The summed E-state index contributed by atoms with van der Waals surface area (Å²) in [6.45, 7) is 0. The molecule has 0 radical (unpaired) electrons. The predicted molar refractivity (Wildman–Crippen MR) is 82.1 cm³/mol. The van der Waals surface area contributed by atoms with E-state index in [2.05, 4.69) is 15.9 Å². The van der Waals surface area contributed by atoms with Crippen molar-refractivity contribution in [1.82, 2.24) is 0 Å². The van der Waals surface area contributed by atoms with Crippen LogP contribution < -0.4 is 9.47 Å². The van der Waals surface area contributed by atoms with E-state index in [0.29, 0.717) is 16.0 Å². The summed E-state index contributed by atoms with van der Waals surface area (Å²) < 4.78 is 24.5. The molecule has 0 aliphatic rings. The van der Waals surface area contributed by atoms with Crippen LogP contribution in [0.3, 0.4) is 0 Å². The Morgan fingerprint density at radius 2 is 1.81 bits per heavy atom. The van der Waals surface area contributed by atoms with Gasteiger partial charge >= 0.3 is 0 Å². The number of rotatable bonds is 4. The summed E-state index contributed by atoms with van der Waals surface area (Å²) in [5.41, 5.74) is 0.0618. The lowest BCUT2D eigenvalue weighted by molar-refractivity contribution is 0.103. The first-order chi connectivity index (χ1) is 9.99. The van der Waals surface area contributed by atoms with Crippen molar-refractivity contribution in [2.24, 2.45) is 0 Å². The van der Waals surface area contributed by atoms with Gasteiger partial charge in [-0.25, -0.2) is 4.39 Å². The number of hydrogen-bond acceptors (Lipinski definition) is 3. The Bertz CT molecular complexity index is 683. The second kappa shape index (κ2) is 6.45. The van der Waals surface area contributed by atoms with Gasteiger partial charge in [-0.3, -0.25) is 4.79 Å². The molecule has 110 valence electrons. The number of ketones is 1. The molecule has 2 rings (SSSR count). The largest absolute Gasteiger partial charge is 0.493 e. The number of ether oxygens (including phenoxy) is 2. The lowest BCUT2D eigenvalue weighted by Gasteiger charge is -2.12. The zero-order valence-electron chi connectivity index (χ0n) is 11.2. The first kappa shape index (κ1) is 15.8. The molecule has 2 aromatic carbocycles. The molecular weight excluding hydrogens is 363 g/mol. The van der Waals surface area contributed by atoms with Gasteiger partial charge in [-0.1, -0.05) is 17.7 Å². The van der Waals surface area contributed by atoms with Gasteiger partial charge in [0, 0.05) is 16.1 Å². The fraction of sp³-hybridized carbons (Fsp3) is 0.133. The van der Waals surface area contributed by atoms with E-state index in [1.54, 1.807) is 6.07 Å². The monoisotopic (exact) mass is 372 g/mol. The zero-order valence-corrected chi connectivity index (χ0v) is 13.6. The van der Waals surface area contributed by atoms with Crippen molar-refractivity contribution in [3.8, 4) is 11.5 Å². The normalized spacial score (nSPS) is 10.3. The SMILES string of the molecule is COc1cc(Cl)c(C(=O)c2c(F)cccc2Br)cc1OC. The van der Waals surface area contributed by atoms with Gasteiger partial charge in [0.2, 0.25) is 0 Å². The van der Waals surface area contributed by atoms with E-state index >= 15 is 0 Å². The zero-order chi connectivity index (χ0) is 15.6. The van der Waals surface area contributed by atoms with Crippen LogP contribution in [-0.2, 0) is 0 Å². The van der Waals surface area contributed by atoms with Crippen LogP contribution in [0.4, 0.5) is 4.39 Å². The standard InChI is InChI=1S/C15H11BrClFO3/c1-20-12-6-8(10(17)7-13(12)21-2)15(19)14-9(16)4-3-5-11(14)18/h3-7H,1-2H3. The highest BCUT2D eigenvalue weighted by atomic mass is 79.9. The van der Waals surface area contributed by atoms with E-state index in [1.165, 1.54) is 38.5 Å². The molecular formula is C15H11BrClFO3. The number of carbonyl (C=O) groups is 1. The van der Waals surface area contributed by atoms with Crippen molar-refractivity contribution in [1.29, 1.82) is 0 Å². The number of carbonyl (C=O) groups excluding carboxylic acids is 1. The molecule has 0 bridgehead atoms. The van der Waals surface area contributed by atoms with Crippen LogP contribution in [0.5, 0.6) is 11.5 Å². The van der Waals surface area contributed by atoms with Crippen molar-refractivity contribution in [3.63, 3.8) is 0 Å². The molecule has 0 aliphatic heterocycles. The van der Waals surface area contributed by atoms with Gasteiger partial charge in [0.15, 0.2) is 17.3 Å². The van der Waals surface area contributed by atoms with E-state index in [0.717, 1.165) is 0 Å². The average molecular weight is 374 g/mol. The third kappa shape index (κ3) is 3.04. The lowest BCUT2D eigenvalue weighted by atomic mass is 10.0. The second-order valence-corrected chi connectivity index (χ2v) is 5.37. The topological polar surface area (TPSA) is 35.5 Å². The Morgan fingerprint density at radius 3 is 2.38 bits per heavy atom. The summed E-state index contributed by atoms with van der Waals surface area (Å²) in [5, 5.41) is 0.160. The van der Waals surface area contributed by atoms with Crippen LogP contribution in [0.15, 0.2) is 34.8 Å². The predicted octanol–water partition coefficient (Wildman–Crippen LogP) is 4.49. The minimum absolute atomic E-state index is 0.0772. The molecule has 0 saturated heterocycles. The van der Waals surface area contributed by atoms with Crippen molar-refractivity contribution in [2.45, 2.75) is 0 Å². The van der Waals surface area contributed by atoms with Crippen LogP contribution in [0.25, 0.3) is 0 Å². The molecule has 2 aromatic rings. The third-order valence-corrected chi connectivity index (χ3v) is 3.88. The summed E-state index contributed by atoms with van der Waals surface area (Å²) in [4.78, 5) is 12.5. The van der Waals surface area contributed by atoms with Gasteiger partial charge in [-0.2, -0.15) is 0 Å². The molecule has 0 unspecified atom stereocenters. The molecule has 0 amide bonds. The van der Waals surface area contributed by atoms with Crippen LogP contribution in [0, 0.1) is 5.82 Å². The molecule has 0 aromatic heterocycles. The molecule has 0 aliphatic carbocycles. The molecule has 0 saturated carbocycles. The summed E-state index contributed by atoms with van der Waals surface area (Å²) in [5.74, 6) is -0.421. The minimum atomic E-state index is -0.625. The minimum Gasteiger partial charge on any atom is -0.493 e. The fourth-order valence-corrected chi connectivity index (χ4v) is 2.64. The summed E-state index contributed by atoms with van der Waals surface area (Å²) in [7, 11) is 2.90. The van der Waals surface area contributed by atoms with Crippen molar-refractivity contribution in [3.05, 3.63) is 56.8 Å². The highest BCUT2D eigenvalue weighted by molar-refractivity contribution is 9.10. The quantitative estimate of drug-likeness (QED) is 0.741. The van der Waals surface area contributed by atoms with Crippen molar-refractivity contribution >= 4 is 33.3 Å². The summed E-state index contributed by atoms with van der Waals surface area (Å²) in [6, 6.07) is 7.20. The second-order valence-electron chi connectivity index (χ2n) is 4.11. The average Bonchev–Trinajstić information content (AvgIpc) is 2.46. The molecule has 21 heavy (non-hydrogen) atoms. The van der Waals surface area contributed by atoms with Crippen LogP contribution in [0.1, 0.15) is 15.9 Å². The van der Waals surface area contributed by atoms with Crippen LogP contribution in [0.2, 0.25) is 5.02 Å². The van der Waals surface area contributed by atoms with Gasteiger partial charge in [0.05, 0.1) is 24.8 Å².